The van der Waals surface area contributed by atoms with Gasteiger partial charge in [0.1, 0.15) is 0 Å². The van der Waals surface area contributed by atoms with Crippen molar-refractivity contribution in [3.05, 3.63) is 61.7 Å². The lowest BCUT2D eigenvalue weighted by Crippen LogP contribution is -2.35. The van der Waals surface area contributed by atoms with Gasteiger partial charge in [0.05, 0.1) is 12.2 Å². The van der Waals surface area contributed by atoms with Crippen LogP contribution in [0.4, 0.5) is 18.9 Å². The van der Waals surface area contributed by atoms with E-state index >= 15 is 0 Å². The fourth-order valence-corrected chi connectivity index (χ4v) is 2.47. The second-order valence-electron chi connectivity index (χ2n) is 6.03. The fourth-order valence-electron chi connectivity index (χ4n) is 2.47. The summed E-state index contributed by atoms with van der Waals surface area (Å²) in [6.07, 6.45) is -0.0974. The number of H-pyrrole nitrogens is 2. The first-order valence-corrected chi connectivity index (χ1v) is 8.09. The molecular weight excluding hydrogens is 381 g/mol. The minimum atomic E-state index is -1.72. The van der Waals surface area contributed by atoms with Crippen LogP contribution in [0.15, 0.2) is 21.7 Å². The minimum Gasteiger partial charge on any atom is -0.336 e. The maximum absolute atomic E-state index is 13.6. The van der Waals surface area contributed by atoms with Gasteiger partial charge in [-0.15, -0.1) is 0 Å². The van der Waals surface area contributed by atoms with Gasteiger partial charge in [-0.25, -0.2) is 18.0 Å². The third-order valence-corrected chi connectivity index (χ3v) is 3.96. The molecule has 2 aromatic rings. The van der Waals surface area contributed by atoms with E-state index in [1.807, 2.05) is 0 Å². The molecule has 0 unspecified atom stereocenters. The topological polar surface area (TPSA) is 115 Å². The molecule has 0 spiro atoms. The molecule has 150 valence electrons. The van der Waals surface area contributed by atoms with E-state index in [1.54, 1.807) is 0 Å². The van der Waals surface area contributed by atoms with Gasteiger partial charge in [-0.2, -0.15) is 0 Å². The van der Waals surface area contributed by atoms with E-state index < -0.39 is 52.7 Å². The van der Waals surface area contributed by atoms with Crippen molar-refractivity contribution in [3.8, 4) is 0 Å². The van der Waals surface area contributed by atoms with Crippen molar-refractivity contribution >= 4 is 17.5 Å². The Morgan fingerprint density at radius 2 is 1.79 bits per heavy atom. The van der Waals surface area contributed by atoms with Gasteiger partial charge in [-0.3, -0.25) is 19.4 Å². The van der Waals surface area contributed by atoms with Gasteiger partial charge in [-0.05, 0) is 25.5 Å². The van der Waals surface area contributed by atoms with E-state index in [4.69, 9.17) is 0 Å². The second kappa shape index (κ2) is 8.55. The normalized spacial score (nSPS) is 10.6. The summed E-state index contributed by atoms with van der Waals surface area (Å²) in [6.45, 7) is 1.04. The summed E-state index contributed by atoms with van der Waals surface area (Å²) in [6, 6.07) is 1.52. The molecule has 1 heterocycles. The van der Waals surface area contributed by atoms with Crippen LogP contribution >= 0.6 is 0 Å². The monoisotopic (exact) mass is 398 g/mol. The van der Waals surface area contributed by atoms with Crippen molar-refractivity contribution in [2.24, 2.45) is 0 Å². The van der Waals surface area contributed by atoms with Gasteiger partial charge >= 0.3 is 5.69 Å². The van der Waals surface area contributed by atoms with Crippen LogP contribution in [0.2, 0.25) is 0 Å². The average Bonchev–Trinajstić information content (AvgIpc) is 2.61. The van der Waals surface area contributed by atoms with Gasteiger partial charge < -0.3 is 15.2 Å². The number of benzene rings is 1. The van der Waals surface area contributed by atoms with Gasteiger partial charge in [0.15, 0.2) is 17.5 Å². The number of anilines is 1. The van der Waals surface area contributed by atoms with Gasteiger partial charge in [0, 0.05) is 24.7 Å². The zero-order chi connectivity index (χ0) is 21.0. The number of carbonyl (C=O) groups excluding carboxylic acids is 2. The number of nitrogens with one attached hydrogen (secondary N) is 3. The van der Waals surface area contributed by atoms with Crippen LogP contribution in [-0.2, 0) is 16.0 Å². The van der Waals surface area contributed by atoms with Crippen molar-refractivity contribution in [3.63, 3.8) is 0 Å². The van der Waals surface area contributed by atoms with Crippen LogP contribution < -0.4 is 16.6 Å². The molecule has 11 heteroatoms. The first-order chi connectivity index (χ1) is 13.1. The molecule has 0 bridgehead atoms. The van der Waals surface area contributed by atoms with Crippen LogP contribution in [0.1, 0.15) is 17.7 Å². The van der Waals surface area contributed by atoms with Gasteiger partial charge in [-0.1, -0.05) is 0 Å². The molecular formula is C17H17F3N4O4. The predicted molar refractivity (Wildman–Crippen MR) is 93.3 cm³/mol. The number of hydrogen-bond acceptors (Lipinski definition) is 4. The summed E-state index contributed by atoms with van der Waals surface area (Å²) in [5.41, 5.74) is -1.26. The number of amides is 2. The summed E-state index contributed by atoms with van der Waals surface area (Å²) < 4.78 is 39.6. The number of carbonyl (C=O) groups is 2. The smallest absolute Gasteiger partial charge is 0.325 e. The molecule has 0 saturated heterocycles. The van der Waals surface area contributed by atoms with Crippen molar-refractivity contribution in [1.29, 1.82) is 0 Å². The van der Waals surface area contributed by atoms with Crippen molar-refractivity contribution < 1.29 is 22.8 Å². The van der Waals surface area contributed by atoms with Crippen molar-refractivity contribution in [2.45, 2.75) is 19.8 Å². The number of hydrogen-bond donors (Lipinski definition) is 3. The van der Waals surface area contributed by atoms with Crippen LogP contribution in [0.25, 0.3) is 0 Å². The predicted octanol–water partition coefficient (Wildman–Crippen LogP) is 0.819. The number of rotatable bonds is 6. The molecule has 1 aromatic heterocycles. The minimum absolute atomic E-state index is 0.0283. The van der Waals surface area contributed by atoms with Gasteiger partial charge in [0.25, 0.3) is 5.56 Å². The first kappa shape index (κ1) is 20.9. The Kier molecular flexibility index (Phi) is 6.39. The lowest BCUT2D eigenvalue weighted by molar-refractivity contribution is -0.133. The maximum atomic E-state index is 13.6. The molecule has 2 amide bonds. The molecule has 0 aliphatic heterocycles. The SMILES string of the molecule is Cc1[nH]c(=O)[nH]c(=O)c1CCC(=O)N(C)CC(=O)Nc1ccc(F)c(F)c1F. The molecule has 0 atom stereocenters. The largest absolute Gasteiger partial charge is 0.336 e. The quantitative estimate of drug-likeness (QED) is 0.625. The van der Waals surface area contributed by atoms with E-state index in [9.17, 15) is 32.3 Å². The molecule has 0 radical (unpaired) electrons. The lowest BCUT2D eigenvalue weighted by Gasteiger charge is -2.17. The third kappa shape index (κ3) is 4.87. The van der Waals surface area contributed by atoms with Crippen molar-refractivity contribution in [2.75, 3.05) is 18.9 Å². The summed E-state index contributed by atoms with van der Waals surface area (Å²) in [4.78, 5) is 52.4. The van der Waals surface area contributed by atoms with E-state index in [1.165, 1.54) is 14.0 Å². The number of likely N-dealkylation sites (N-methyl/N-ethyl adjacent to an activating group) is 1. The highest BCUT2D eigenvalue weighted by atomic mass is 19.2. The Morgan fingerprint density at radius 3 is 2.43 bits per heavy atom. The lowest BCUT2D eigenvalue weighted by atomic mass is 10.1. The summed E-state index contributed by atoms with van der Waals surface area (Å²) in [5, 5.41) is 2.05. The molecule has 1 aromatic carbocycles. The zero-order valence-corrected chi connectivity index (χ0v) is 15.0. The summed E-state index contributed by atoms with van der Waals surface area (Å²) in [7, 11) is 1.31. The molecule has 8 nitrogen and oxygen atoms in total. The van der Waals surface area contributed by atoms with Gasteiger partial charge in [0.2, 0.25) is 11.8 Å². The van der Waals surface area contributed by atoms with Crippen LogP contribution in [-0.4, -0.2) is 40.3 Å². The highest BCUT2D eigenvalue weighted by molar-refractivity contribution is 5.94. The summed E-state index contributed by atoms with van der Waals surface area (Å²) >= 11 is 0. The van der Waals surface area contributed by atoms with E-state index in [2.05, 4.69) is 15.3 Å². The Hall–Kier alpha value is -3.37. The molecule has 2 rings (SSSR count). The standard InChI is InChI=1S/C17H17F3N4O4/c1-8-9(16(27)23-17(28)21-8)3-6-13(26)24(2)7-12(25)22-11-5-4-10(18)14(19)15(11)20/h4-5H,3,6-7H2,1-2H3,(H,22,25)(H2,21,23,27,28). The van der Waals surface area contributed by atoms with E-state index in [-0.39, 0.29) is 18.4 Å². The highest BCUT2D eigenvalue weighted by Crippen LogP contribution is 2.19. The molecule has 28 heavy (non-hydrogen) atoms. The summed E-state index contributed by atoms with van der Waals surface area (Å²) in [5.74, 6) is -5.97. The fraction of sp³-hybridized carbons (Fsp3) is 0.294. The Labute approximate surface area is 156 Å². The Balaban J connectivity index is 1.95. The second-order valence-corrected chi connectivity index (χ2v) is 6.03. The number of nitrogens with zero attached hydrogens (tertiary/aromatic N) is 1. The molecule has 0 saturated carbocycles. The average molecular weight is 398 g/mol. The van der Waals surface area contributed by atoms with Crippen LogP contribution in [0, 0.1) is 24.4 Å². The molecule has 3 N–H and O–H groups in total. The highest BCUT2D eigenvalue weighted by Gasteiger charge is 2.18. The molecule has 0 aliphatic rings. The number of aromatic nitrogens is 2. The number of aromatic amines is 2. The molecule has 0 aliphatic carbocycles. The zero-order valence-electron chi connectivity index (χ0n) is 15.0. The number of aryl methyl sites for hydroxylation is 1. The Morgan fingerprint density at radius 1 is 1.11 bits per heavy atom. The van der Waals surface area contributed by atoms with Crippen LogP contribution in [0.3, 0.4) is 0 Å². The van der Waals surface area contributed by atoms with Crippen molar-refractivity contribution in [1.82, 2.24) is 14.9 Å². The maximum Gasteiger partial charge on any atom is 0.325 e. The number of halogens is 3. The third-order valence-electron chi connectivity index (χ3n) is 3.96. The van der Waals surface area contributed by atoms with E-state index in [0.717, 1.165) is 11.0 Å². The molecule has 0 fully saturated rings. The van der Waals surface area contributed by atoms with E-state index in [0.29, 0.717) is 11.8 Å². The van der Waals surface area contributed by atoms with Crippen LogP contribution in [0.5, 0.6) is 0 Å². The first-order valence-electron chi connectivity index (χ1n) is 8.09. The Bertz CT molecular complexity index is 1030.